The van der Waals surface area contributed by atoms with E-state index in [4.69, 9.17) is 4.42 Å². The van der Waals surface area contributed by atoms with Crippen LogP contribution in [0.1, 0.15) is 35.0 Å². The molecule has 3 aromatic rings. The first-order valence-corrected chi connectivity index (χ1v) is 10.6. The number of para-hydroxylation sites is 1. The van der Waals surface area contributed by atoms with Crippen molar-refractivity contribution in [2.75, 3.05) is 16.8 Å². The maximum atomic E-state index is 12.9. The molecule has 2 N–H and O–H groups in total. The zero-order chi connectivity index (χ0) is 22.5. The summed E-state index contributed by atoms with van der Waals surface area (Å²) in [7, 11) is 0. The van der Waals surface area contributed by atoms with Gasteiger partial charge in [0.25, 0.3) is 5.91 Å². The van der Waals surface area contributed by atoms with Crippen LogP contribution >= 0.6 is 0 Å². The highest BCUT2D eigenvalue weighted by atomic mass is 16.3. The number of carbonyl (C=O) groups is 3. The minimum absolute atomic E-state index is 0.0844. The number of nitrogens with one attached hydrogen (secondary N) is 2. The number of amides is 3. The van der Waals surface area contributed by atoms with Crippen LogP contribution in [-0.2, 0) is 22.6 Å². The third-order valence-electron chi connectivity index (χ3n) is 5.58. The van der Waals surface area contributed by atoms with Crippen LogP contribution in [-0.4, -0.2) is 24.3 Å². The quantitative estimate of drug-likeness (QED) is 0.596. The van der Waals surface area contributed by atoms with Crippen molar-refractivity contribution in [3.63, 3.8) is 0 Å². The minimum Gasteiger partial charge on any atom is -0.467 e. The zero-order valence-electron chi connectivity index (χ0n) is 17.8. The number of carbonyl (C=O) groups excluding carboxylic acids is 3. The first-order valence-electron chi connectivity index (χ1n) is 10.6. The summed E-state index contributed by atoms with van der Waals surface area (Å²) in [5.74, 6) is -0.544. The van der Waals surface area contributed by atoms with Gasteiger partial charge in [0.1, 0.15) is 5.76 Å². The van der Waals surface area contributed by atoms with E-state index >= 15 is 0 Å². The van der Waals surface area contributed by atoms with Crippen LogP contribution in [0.25, 0.3) is 0 Å². The van der Waals surface area contributed by atoms with Crippen molar-refractivity contribution in [1.29, 1.82) is 0 Å². The monoisotopic (exact) mass is 431 g/mol. The van der Waals surface area contributed by atoms with Crippen LogP contribution in [0.4, 0.5) is 11.4 Å². The average molecular weight is 431 g/mol. The van der Waals surface area contributed by atoms with Crippen molar-refractivity contribution < 1.29 is 18.8 Å². The topological polar surface area (TPSA) is 91.7 Å². The minimum atomic E-state index is -0.493. The van der Waals surface area contributed by atoms with Crippen LogP contribution < -0.4 is 15.5 Å². The number of furan rings is 1. The molecule has 0 aliphatic carbocycles. The van der Waals surface area contributed by atoms with Gasteiger partial charge in [-0.3, -0.25) is 14.4 Å². The molecule has 2 heterocycles. The fraction of sp³-hybridized carbons (Fsp3) is 0.240. The molecule has 0 saturated carbocycles. The number of anilines is 2. The molecule has 32 heavy (non-hydrogen) atoms. The highest BCUT2D eigenvalue weighted by molar-refractivity contribution is 6.07. The number of nitrogens with zero attached hydrogens (tertiary/aromatic N) is 1. The van der Waals surface area contributed by atoms with Gasteiger partial charge in [0.05, 0.1) is 30.0 Å². The van der Waals surface area contributed by atoms with E-state index in [2.05, 4.69) is 17.6 Å². The number of aryl methyl sites for hydroxylation is 1. The van der Waals surface area contributed by atoms with E-state index in [9.17, 15) is 14.4 Å². The van der Waals surface area contributed by atoms with Crippen molar-refractivity contribution in [2.45, 2.75) is 26.3 Å². The van der Waals surface area contributed by atoms with Crippen LogP contribution in [0.2, 0.25) is 0 Å². The molecular formula is C25H25N3O4. The molecule has 4 rings (SSSR count). The van der Waals surface area contributed by atoms with Crippen LogP contribution in [0.3, 0.4) is 0 Å². The summed E-state index contributed by atoms with van der Waals surface area (Å²) >= 11 is 0. The normalized spacial score (nSPS) is 15.6. The Balaban J connectivity index is 1.41. The lowest BCUT2D eigenvalue weighted by Gasteiger charge is -2.17. The van der Waals surface area contributed by atoms with Crippen LogP contribution in [0, 0.1) is 5.92 Å². The Hall–Kier alpha value is -3.87. The fourth-order valence-corrected chi connectivity index (χ4v) is 3.75. The van der Waals surface area contributed by atoms with Crippen molar-refractivity contribution >= 4 is 29.1 Å². The highest BCUT2D eigenvalue weighted by Gasteiger charge is 2.35. The largest absolute Gasteiger partial charge is 0.467 e. The smallest absolute Gasteiger partial charge is 0.253 e. The molecule has 7 nitrogen and oxygen atoms in total. The van der Waals surface area contributed by atoms with E-state index in [1.165, 1.54) is 5.56 Å². The lowest BCUT2D eigenvalue weighted by molar-refractivity contribution is -0.122. The lowest BCUT2D eigenvalue weighted by Crippen LogP contribution is -2.29. The summed E-state index contributed by atoms with van der Waals surface area (Å²) in [4.78, 5) is 39.7. The Morgan fingerprint density at radius 3 is 2.56 bits per heavy atom. The van der Waals surface area contributed by atoms with Crippen molar-refractivity contribution in [3.8, 4) is 0 Å². The molecule has 0 radical (unpaired) electrons. The molecular weight excluding hydrogens is 406 g/mol. The van der Waals surface area contributed by atoms with E-state index in [1.807, 2.05) is 24.3 Å². The van der Waals surface area contributed by atoms with Gasteiger partial charge in [0, 0.05) is 18.7 Å². The lowest BCUT2D eigenvalue weighted by atomic mass is 10.1. The third-order valence-corrected chi connectivity index (χ3v) is 5.58. The molecule has 164 valence electrons. The van der Waals surface area contributed by atoms with Gasteiger partial charge >= 0.3 is 0 Å². The van der Waals surface area contributed by atoms with Crippen molar-refractivity contribution in [1.82, 2.24) is 5.32 Å². The van der Waals surface area contributed by atoms with Crippen LogP contribution in [0.15, 0.2) is 71.3 Å². The SMILES string of the molecule is CCc1ccc(N2C[C@@H](C(=O)Nc3ccccc3C(=O)NCc3ccco3)CC2=O)cc1. The van der Waals surface area contributed by atoms with E-state index in [-0.39, 0.29) is 30.7 Å². The number of hydrogen-bond acceptors (Lipinski definition) is 4. The van der Waals surface area contributed by atoms with Gasteiger partial charge in [0.2, 0.25) is 11.8 Å². The summed E-state index contributed by atoms with van der Waals surface area (Å²) in [5, 5.41) is 5.62. The molecule has 7 heteroatoms. The summed E-state index contributed by atoms with van der Waals surface area (Å²) in [6.07, 6.45) is 2.60. The second-order valence-electron chi connectivity index (χ2n) is 7.72. The molecule has 1 saturated heterocycles. The van der Waals surface area contributed by atoms with Gasteiger partial charge < -0.3 is 20.0 Å². The molecule has 3 amide bonds. The van der Waals surface area contributed by atoms with Gasteiger partial charge in [-0.1, -0.05) is 31.2 Å². The van der Waals surface area contributed by atoms with Gasteiger partial charge in [-0.15, -0.1) is 0 Å². The Morgan fingerprint density at radius 2 is 1.84 bits per heavy atom. The van der Waals surface area contributed by atoms with E-state index < -0.39 is 5.92 Å². The third kappa shape index (κ3) is 4.72. The zero-order valence-corrected chi connectivity index (χ0v) is 17.8. The molecule has 0 bridgehead atoms. The molecule has 1 atom stereocenters. The van der Waals surface area contributed by atoms with Gasteiger partial charge in [-0.05, 0) is 48.4 Å². The van der Waals surface area contributed by atoms with Gasteiger partial charge in [0.15, 0.2) is 0 Å². The Labute approximate surface area is 186 Å². The Morgan fingerprint density at radius 1 is 1.06 bits per heavy atom. The number of hydrogen-bond donors (Lipinski definition) is 2. The van der Waals surface area contributed by atoms with E-state index in [1.54, 1.807) is 47.6 Å². The summed E-state index contributed by atoms with van der Waals surface area (Å²) in [6, 6.07) is 18.1. The average Bonchev–Trinajstić information content (AvgIpc) is 3.47. The molecule has 1 aliphatic heterocycles. The van der Waals surface area contributed by atoms with Crippen molar-refractivity contribution in [3.05, 3.63) is 83.8 Å². The maximum absolute atomic E-state index is 12.9. The number of rotatable bonds is 7. The molecule has 0 spiro atoms. The summed E-state index contributed by atoms with van der Waals surface area (Å²) in [5.41, 5.74) is 2.74. The summed E-state index contributed by atoms with van der Waals surface area (Å²) in [6.45, 7) is 2.63. The fourth-order valence-electron chi connectivity index (χ4n) is 3.75. The van der Waals surface area contributed by atoms with Crippen LogP contribution in [0.5, 0.6) is 0 Å². The Kier molecular flexibility index (Phi) is 6.35. The molecule has 2 aromatic carbocycles. The molecule has 1 aliphatic rings. The van der Waals surface area contributed by atoms with E-state index in [0.29, 0.717) is 23.6 Å². The van der Waals surface area contributed by atoms with Crippen molar-refractivity contribution in [2.24, 2.45) is 5.92 Å². The predicted molar refractivity (Wildman–Crippen MR) is 121 cm³/mol. The van der Waals surface area contributed by atoms with E-state index in [0.717, 1.165) is 12.1 Å². The summed E-state index contributed by atoms with van der Waals surface area (Å²) < 4.78 is 5.23. The molecule has 0 unspecified atom stereocenters. The van der Waals surface area contributed by atoms with Gasteiger partial charge in [-0.25, -0.2) is 0 Å². The maximum Gasteiger partial charge on any atom is 0.253 e. The standard InChI is InChI=1S/C25H25N3O4/c1-2-17-9-11-19(12-10-17)28-16-18(14-23(28)29)24(30)27-22-8-4-3-7-21(22)25(31)26-15-20-6-5-13-32-20/h3-13,18H,2,14-16H2,1H3,(H,26,31)(H,27,30)/t18-/m0/s1. The number of benzene rings is 2. The molecule has 1 aromatic heterocycles. The molecule has 1 fully saturated rings. The second kappa shape index (κ2) is 9.51. The highest BCUT2D eigenvalue weighted by Crippen LogP contribution is 2.27. The first-order chi connectivity index (χ1) is 15.5. The first kappa shape index (κ1) is 21.4. The second-order valence-corrected chi connectivity index (χ2v) is 7.72. The Bertz CT molecular complexity index is 1110. The predicted octanol–water partition coefficient (Wildman–Crippen LogP) is 3.76. The van der Waals surface area contributed by atoms with Gasteiger partial charge in [-0.2, -0.15) is 0 Å².